The molecule has 0 saturated heterocycles. The molecule has 2 aromatic rings. The van der Waals surface area contributed by atoms with Crippen molar-refractivity contribution in [2.24, 2.45) is 23.5 Å². The van der Waals surface area contributed by atoms with Gasteiger partial charge in [0.05, 0.1) is 36.6 Å². The van der Waals surface area contributed by atoms with Gasteiger partial charge in [0.1, 0.15) is 6.04 Å². The molecule has 0 aliphatic rings. The smallest absolute Gasteiger partial charge is 0.244 e. The predicted molar refractivity (Wildman–Crippen MR) is 179 cm³/mol. The van der Waals surface area contributed by atoms with Crippen molar-refractivity contribution in [1.29, 1.82) is 0 Å². The summed E-state index contributed by atoms with van der Waals surface area (Å²) in [5, 5.41) is 38.8. The highest BCUT2D eigenvalue weighted by molar-refractivity contribution is 6.09. The molecule has 0 bridgehead atoms. The minimum Gasteiger partial charge on any atom is -0.394 e. The largest absolute Gasteiger partial charge is 0.394 e. The molecular weight excluding hydrogens is 572 g/mol. The number of aliphatic hydroxyl groups excluding tert-OH is 3. The summed E-state index contributed by atoms with van der Waals surface area (Å²) in [5.74, 6) is -1.60. The SMILES string of the molecule is CCCC[C@@H](C(=O)N[C@@H](CC(C)C)[C@@H](O)CC(CC(O)CO)C(=O)NCC(C)C)N(C(=O)[C@H](C)N)c1cccc2ccccc12. The van der Waals surface area contributed by atoms with Crippen LogP contribution in [0.4, 0.5) is 5.69 Å². The number of nitrogens with one attached hydrogen (secondary N) is 2. The highest BCUT2D eigenvalue weighted by Crippen LogP contribution is 2.30. The van der Waals surface area contributed by atoms with E-state index in [1.54, 1.807) is 6.92 Å². The third kappa shape index (κ3) is 11.7. The Morgan fingerprint density at radius 1 is 0.889 bits per heavy atom. The first-order valence-electron chi connectivity index (χ1n) is 16.4. The van der Waals surface area contributed by atoms with Crippen LogP contribution < -0.4 is 21.3 Å². The fraction of sp³-hybridized carbons (Fsp3) is 0.629. The fourth-order valence-electron chi connectivity index (χ4n) is 5.57. The number of carbonyl (C=O) groups excluding carboxylic acids is 3. The quantitative estimate of drug-likeness (QED) is 0.139. The number of amides is 3. The van der Waals surface area contributed by atoms with Gasteiger partial charge in [-0.2, -0.15) is 0 Å². The number of carbonyl (C=O) groups is 3. The lowest BCUT2D eigenvalue weighted by molar-refractivity contribution is -0.129. The van der Waals surface area contributed by atoms with Gasteiger partial charge in [0, 0.05) is 17.8 Å². The minimum absolute atomic E-state index is 0.0237. The van der Waals surface area contributed by atoms with E-state index in [1.165, 1.54) is 4.90 Å². The first-order chi connectivity index (χ1) is 21.3. The zero-order chi connectivity index (χ0) is 33.7. The van der Waals surface area contributed by atoms with Crippen molar-refractivity contribution in [3.05, 3.63) is 42.5 Å². The van der Waals surface area contributed by atoms with Gasteiger partial charge in [-0.3, -0.25) is 19.3 Å². The molecule has 0 fully saturated rings. The maximum absolute atomic E-state index is 14.2. The lowest BCUT2D eigenvalue weighted by Gasteiger charge is -2.35. The van der Waals surface area contributed by atoms with E-state index in [1.807, 2.05) is 77.1 Å². The van der Waals surface area contributed by atoms with Gasteiger partial charge in [-0.05, 0) is 55.9 Å². The molecule has 0 aromatic heterocycles. The molecule has 3 amide bonds. The number of hydrogen-bond donors (Lipinski definition) is 6. The van der Waals surface area contributed by atoms with Crippen LogP contribution in [0.25, 0.3) is 10.8 Å². The summed E-state index contributed by atoms with van der Waals surface area (Å²) in [6.45, 7) is 11.4. The highest BCUT2D eigenvalue weighted by Gasteiger charge is 2.36. The molecule has 0 aliphatic heterocycles. The monoisotopic (exact) mass is 628 g/mol. The van der Waals surface area contributed by atoms with Crippen molar-refractivity contribution in [3.63, 3.8) is 0 Å². The Kier molecular flexibility index (Phi) is 15.9. The molecule has 0 radical (unpaired) electrons. The van der Waals surface area contributed by atoms with Crippen molar-refractivity contribution < 1.29 is 29.7 Å². The van der Waals surface area contributed by atoms with Crippen LogP contribution in [0.5, 0.6) is 0 Å². The van der Waals surface area contributed by atoms with Crippen LogP contribution in [0.1, 0.15) is 80.1 Å². The van der Waals surface area contributed by atoms with Crippen LogP contribution in [-0.4, -0.2) is 76.5 Å². The average molecular weight is 629 g/mol. The van der Waals surface area contributed by atoms with Crippen molar-refractivity contribution in [2.75, 3.05) is 18.1 Å². The third-order valence-corrected chi connectivity index (χ3v) is 7.96. The summed E-state index contributed by atoms with van der Waals surface area (Å²) < 4.78 is 0. The number of anilines is 1. The van der Waals surface area contributed by atoms with Crippen molar-refractivity contribution >= 4 is 34.2 Å². The standard InChI is InChI=1S/C35H56N4O6/c1-7-8-15-31(39(35(45)24(6)36)30-16-11-13-25-12-9-10-14-28(25)30)34(44)38-29(17-22(2)3)32(42)19-26(18-27(41)21-40)33(43)37-20-23(4)5/h9-14,16,22-24,26-27,29,31-32,40-42H,7-8,15,17-21,36H2,1-6H3,(H,37,43)(H,38,44)/t24-,26?,27?,29-,31-,32-/m0/s1. The van der Waals surface area contributed by atoms with Gasteiger partial charge >= 0.3 is 0 Å². The Balaban J connectivity index is 2.47. The van der Waals surface area contributed by atoms with E-state index in [-0.39, 0.29) is 36.5 Å². The highest BCUT2D eigenvalue weighted by atomic mass is 16.3. The molecule has 6 atom stereocenters. The van der Waals surface area contributed by atoms with Gasteiger partial charge < -0.3 is 31.7 Å². The van der Waals surface area contributed by atoms with E-state index in [2.05, 4.69) is 10.6 Å². The minimum atomic E-state index is -1.13. The third-order valence-electron chi connectivity index (χ3n) is 7.96. The molecule has 2 unspecified atom stereocenters. The maximum Gasteiger partial charge on any atom is 0.244 e. The second-order valence-electron chi connectivity index (χ2n) is 13.1. The fourth-order valence-corrected chi connectivity index (χ4v) is 5.57. The van der Waals surface area contributed by atoms with Crippen LogP contribution in [-0.2, 0) is 14.4 Å². The molecular formula is C35H56N4O6. The first kappa shape index (κ1) is 38.1. The lowest BCUT2D eigenvalue weighted by Crippen LogP contribution is -2.57. The van der Waals surface area contributed by atoms with E-state index in [0.29, 0.717) is 31.5 Å². The number of nitrogens with zero attached hydrogens (tertiary/aromatic N) is 1. The number of hydrogen-bond acceptors (Lipinski definition) is 7. The second-order valence-corrected chi connectivity index (χ2v) is 13.1. The van der Waals surface area contributed by atoms with Crippen LogP contribution in [0.15, 0.2) is 42.5 Å². The van der Waals surface area contributed by atoms with Crippen molar-refractivity contribution in [1.82, 2.24) is 10.6 Å². The molecule has 0 heterocycles. The van der Waals surface area contributed by atoms with E-state index < -0.39 is 48.8 Å². The van der Waals surface area contributed by atoms with Gasteiger partial charge in [-0.1, -0.05) is 83.9 Å². The number of fused-ring (bicyclic) bond motifs is 1. The van der Waals surface area contributed by atoms with Gasteiger partial charge in [-0.15, -0.1) is 0 Å². The summed E-state index contributed by atoms with van der Waals surface area (Å²) in [6, 6.07) is 10.8. The Hall–Kier alpha value is -3.05. The van der Waals surface area contributed by atoms with E-state index in [9.17, 15) is 29.7 Å². The molecule has 10 nitrogen and oxygen atoms in total. The molecule has 10 heteroatoms. The molecule has 45 heavy (non-hydrogen) atoms. The summed E-state index contributed by atoms with van der Waals surface area (Å²) in [6.07, 6.45) is -0.0108. The molecule has 0 spiro atoms. The van der Waals surface area contributed by atoms with Crippen LogP contribution in [0, 0.1) is 17.8 Å². The van der Waals surface area contributed by atoms with Crippen LogP contribution in [0.3, 0.4) is 0 Å². The molecule has 7 N–H and O–H groups in total. The number of rotatable bonds is 19. The first-order valence-corrected chi connectivity index (χ1v) is 16.4. The predicted octanol–water partition coefficient (Wildman–Crippen LogP) is 3.49. The molecule has 0 aliphatic carbocycles. The molecule has 0 saturated carbocycles. The maximum atomic E-state index is 14.2. The van der Waals surface area contributed by atoms with Crippen LogP contribution >= 0.6 is 0 Å². The number of nitrogens with two attached hydrogens (primary N) is 1. The van der Waals surface area contributed by atoms with Crippen LogP contribution in [0.2, 0.25) is 0 Å². The summed E-state index contributed by atoms with van der Waals surface area (Å²) in [4.78, 5) is 42.5. The Morgan fingerprint density at radius 2 is 1.56 bits per heavy atom. The number of aliphatic hydroxyl groups is 3. The number of benzene rings is 2. The topological polar surface area (TPSA) is 165 Å². The van der Waals surface area contributed by atoms with Gasteiger partial charge in [0.2, 0.25) is 17.7 Å². The molecule has 2 aromatic carbocycles. The van der Waals surface area contributed by atoms with E-state index in [4.69, 9.17) is 5.73 Å². The average Bonchev–Trinajstić information content (AvgIpc) is 3.00. The zero-order valence-corrected chi connectivity index (χ0v) is 27.9. The Bertz CT molecular complexity index is 1210. The van der Waals surface area contributed by atoms with Gasteiger partial charge in [0.15, 0.2) is 0 Å². The molecule has 252 valence electrons. The van der Waals surface area contributed by atoms with Gasteiger partial charge in [-0.25, -0.2) is 0 Å². The van der Waals surface area contributed by atoms with Gasteiger partial charge in [0.25, 0.3) is 0 Å². The van der Waals surface area contributed by atoms with E-state index in [0.717, 1.165) is 17.2 Å². The Morgan fingerprint density at radius 3 is 2.16 bits per heavy atom. The van der Waals surface area contributed by atoms with E-state index >= 15 is 0 Å². The lowest BCUT2D eigenvalue weighted by atomic mass is 9.88. The van der Waals surface area contributed by atoms with Crippen molar-refractivity contribution in [2.45, 2.75) is 110 Å². The molecule has 2 rings (SSSR count). The second kappa shape index (κ2) is 18.8. The summed E-state index contributed by atoms with van der Waals surface area (Å²) >= 11 is 0. The zero-order valence-electron chi connectivity index (χ0n) is 27.9. The Labute approximate surface area is 268 Å². The summed E-state index contributed by atoms with van der Waals surface area (Å²) in [5.41, 5.74) is 6.73. The summed E-state index contributed by atoms with van der Waals surface area (Å²) in [7, 11) is 0. The van der Waals surface area contributed by atoms with Crippen molar-refractivity contribution in [3.8, 4) is 0 Å². The number of unbranched alkanes of at least 4 members (excludes halogenated alkanes) is 1. The normalized spacial score (nSPS) is 15.7.